The number of aryl methyl sites for hydroxylation is 2. The van der Waals surface area contributed by atoms with Crippen molar-refractivity contribution in [3.63, 3.8) is 0 Å². The molecule has 0 aliphatic heterocycles. The SMILES string of the molecule is Cc1cc(NN)nc(COc2cc(Br)ccc2C)n1. The average Bonchev–Trinajstić information content (AvgIpc) is 2.39. The molecular formula is C13H15BrN4O. The number of ether oxygens (including phenoxy) is 1. The third-order valence-electron chi connectivity index (χ3n) is 2.56. The smallest absolute Gasteiger partial charge is 0.168 e. The highest BCUT2D eigenvalue weighted by Gasteiger charge is 2.05. The van der Waals surface area contributed by atoms with Gasteiger partial charge in [-0.05, 0) is 31.5 Å². The van der Waals surface area contributed by atoms with Gasteiger partial charge in [-0.15, -0.1) is 0 Å². The molecule has 0 atom stereocenters. The fourth-order valence-corrected chi connectivity index (χ4v) is 1.98. The van der Waals surface area contributed by atoms with Crippen molar-refractivity contribution in [2.75, 3.05) is 5.43 Å². The number of nitrogen functional groups attached to an aromatic ring is 1. The molecule has 2 rings (SSSR count). The number of hydrazine groups is 1. The molecular weight excluding hydrogens is 308 g/mol. The summed E-state index contributed by atoms with van der Waals surface area (Å²) < 4.78 is 6.71. The highest BCUT2D eigenvalue weighted by Crippen LogP contribution is 2.23. The lowest BCUT2D eigenvalue weighted by molar-refractivity contribution is 0.293. The molecule has 0 saturated carbocycles. The van der Waals surface area contributed by atoms with E-state index in [9.17, 15) is 0 Å². The maximum absolute atomic E-state index is 5.73. The van der Waals surface area contributed by atoms with Crippen molar-refractivity contribution >= 4 is 21.7 Å². The Morgan fingerprint density at radius 1 is 1.26 bits per heavy atom. The van der Waals surface area contributed by atoms with Gasteiger partial charge in [0, 0.05) is 16.2 Å². The summed E-state index contributed by atoms with van der Waals surface area (Å²) in [6, 6.07) is 7.66. The second kappa shape index (κ2) is 5.99. The van der Waals surface area contributed by atoms with Crippen LogP contribution in [0.2, 0.25) is 0 Å². The highest BCUT2D eigenvalue weighted by molar-refractivity contribution is 9.10. The second-order valence-corrected chi connectivity index (χ2v) is 5.07. The van der Waals surface area contributed by atoms with Crippen LogP contribution in [0.3, 0.4) is 0 Å². The highest BCUT2D eigenvalue weighted by atomic mass is 79.9. The Labute approximate surface area is 120 Å². The third kappa shape index (κ3) is 3.65. The molecule has 6 heteroatoms. The largest absolute Gasteiger partial charge is 0.485 e. The molecule has 0 aliphatic carbocycles. The molecule has 1 heterocycles. The molecule has 0 saturated heterocycles. The van der Waals surface area contributed by atoms with E-state index < -0.39 is 0 Å². The number of anilines is 1. The van der Waals surface area contributed by atoms with Gasteiger partial charge in [-0.25, -0.2) is 15.8 Å². The maximum atomic E-state index is 5.73. The lowest BCUT2D eigenvalue weighted by Gasteiger charge is -2.10. The zero-order valence-corrected chi connectivity index (χ0v) is 12.4. The molecule has 2 aromatic rings. The van der Waals surface area contributed by atoms with Crippen LogP contribution in [0.25, 0.3) is 0 Å². The van der Waals surface area contributed by atoms with Crippen molar-refractivity contribution < 1.29 is 4.74 Å². The van der Waals surface area contributed by atoms with Gasteiger partial charge in [0.15, 0.2) is 5.82 Å². The Hall–Kier alpha value is -1.66. The van der Waals surface area contributed by atoms with Gasteiger partial charge in [0.2, 0.25) is 0 Å². The minimum Gasteiger partial charge on any atom is -0.485 e. The van der Waals surface area contributed by atoms with Crippen LogP contribution < -0.4 is 16.0 Å². The summed E-state index contributed by atoms with van der Waals surface area (Å²) in [6.45, 7) is 4.18. The van der Waals surface area contributed by atoms with Crippen LogP contribution >= 0.6 is 15.9 Å². The predicted octanol–water partition coefficient (Wildman–Crippen LogP) is 2.72. The van der Waals surface area contributed by atoms with Crippen molar-refractivity contribution in [3.05, 3.63) is 45.8 Å². The van der Waals surface area contributed by atoms with Crippen molar-refractivity contribution in [1.82, 2.24) is 9.97 Å². The molecule has 0 unspecified atom stereocenters. The van der Waals surface area contributed by atoms with E-state index in [-0.39, 0.29) is 0 Å². The monoisotopic (exact) mass is 322 g/mol. The van der Waals surface area contributed by atoms with E-state index in [1.165, 1.54) is 0 Å². The maximum Gasteiger partial charge on any atom is 0.168 e. The van der Waals surface area contributed by atoms with E-state index in [0.717, 1.165) is 21.5 Å². The van der Waals surface area contributed by atoms with Crippen molar-refractivity contribution in [1.29, 1.82) is 0 Å². The summed E-state index contributed by atoms with van der Waals surface area (Å²) in [5.41, 5.74) is 4.42. The van der Waals surface area contributed by atoms with E-state index >= 15 is 0 Å². The number of benzene rings is 1. The molecule has 0 bridgehead atoms. The van der Waals surface area contributed by atoms with Crippen molar-refractivity contribution in [2.45, 2.75) is 20.5 Å². The summed E-state index contributed by atoms with van der Waals surface area (Å²) >= 11 is 3.42. The number of nitrogens with zero attached hydrogens (tertiary/aromatic N) is 2. The van der Waals surface area contributed by atoms with Crippen LogP contribution in [0, 0.1) is 13.8 Å². The number of rotatable bonds is 4. The summed E-state index contributed by atoms with van der Waals surface area (Å²) in [5.74, 6) is 7.33. The lowest BCUT2D eigenvalue weighted by atomic mass is 10.2. The summed E-state index contributed by atoms with van der Waals surface area (Å²) in [6.07, 6.45) is 0. The number of hydrogen-bond donors (Lipinski definition) is 2. The normalized spacial score (nSPS) is 10.3. The molecule has 19 heavy (non-hydrogen) atoms. The van der Waals surface area contributed by atoms with Crippen LogP contribution in [0.5, 0.6) is 5.75 Å². The molecule has 3 N–H and O–H groups in total. The Morgan fingerprint density at radius 2 is 2.05 bits per heavy atom. The van der Waals surface area contributed by atoms with Gasteiger partial charge >= 0.3 is 0 Å². The minimum atomic E-state index is 0.299. The molecule has 0 fully saturated rings. The second-order valence-electron chi connectivity index (χ2n) is 4.15. The third-order valence-corrected chi connectivity index (χ3v) is 3.05. The van der Waals surface area contributed by atoms with Crippen LogP contribution in [0.1, 0.15) is 17.1 Å². The van der Waals surface area contributed by atoms with Gasteiger partial charge in [-0.3, -0.25) is 0 Å². The first-order valence-electron chi connectivity index (χ1n) is 5.78. The fourth-order valence-electron chi connectivity index (χ4n) is 1.64. The van der Waals surface area contributed by atoms with Gasteiger partial charge in [0.1, 0.15) is 18.2 Å². The van der Waals surface area contributed by atoms with Gasteiger partial charge in [0.25, 0.3) is 0 Å². The molecule has 0 aliphatic rings. The first-order chi connectivity index (χ1) is 9.08. The Kier molecular flexibility index (Phi) is 4.34. The van der Waals surface area contributed by atoms with Gasteiger partial charge in [-0.1, -0.05) is 22.0 Å². The van der Waals surface area contributed by atoms with E-state index in [4.69, 9.17) is 10.6 Å². The summed E-state index contributed by atoms with van der Waals surface area (Å²) in [7, 11) is 0. The van der Waals surface area contributed by atoms with Crippen LogP contribution in [0.4, 0.5) is 5.82 Å². The number of nitrogens with two attached hydrogens (primary N) is 1. The standard InChI is InChI=1S/C13H15BrN4O/c1-8-3-4-10(14)6-11(8)19-7-13-16-9(2)5-12(17-13)18-15/h3-6H,7,15H2,1-2H3,(H,16,17,18). The molecule has 5 nitrogen and oxygen atoms in total. The Balaban J connectivity index is 2.14. The van der Waals surface area contributed by atoms with Gasteiger partial charge in [-0.2, -0.15) is 0 Å². The lowest BCUT2D eigenvalue weighted by Crippen LogP contribution is -2.12. The van der Waals surface area contributed by atoms with E-state index in [1.807, 2.05) is 32.0 Å². The van der Waals surface area contributed by atoms with E-state index in [2.05, 4.69) is 31.3 Å². The van der Waals surface area contributed by atoms with Crippen molar-refractivity contribution in [2.24, 2.45) is 5.84 Å². The zero-order valence-electron chi connectivity index (χ0n) is 10.8. The fraction of sp³-hybridized carbons (Fsp3) is 0.231. The number of nitrogens with one attached hydrogen (secondary N) is 1. The minimum absolute atomic E-state index is 0.299. The summed E-state index contributed by atoms with van der Waals surface area (Å²) in [5, 5.41) is 0. The Bertz CT molecular complexity index is 589. The Morgan fingerprint density at radius 3 is 2.79 bits per heavy atom. The van der Waals surface area contributed by atoms with E-state index in [0.29, 0.717) is 18.2 Å². The zero-order chi connectivity index (χ0) is 13.8. The number of hydrogen-bond acceptors (Lipinski definition) is 5. The molecule has 1 aromatic heterocycles. The van der Waals surface area contributed by atoms with Gasteiger partial charge < -0.3 is 10.2 Å². The van der Waals surface area contributed by atoms with Gasteiger partial charge in [0.05, 0.1) is 0 Å². The molecule has 1 aromatic carbocycles. The first-order valence-corrected chi connectivity index (χ1v) is 6.58. The molecule has 0 amide bonds. The van der Waals surface area contributed by atoms with Crippen LogP contribution in [-0.2, 0) is 6.61 Å². The van der Waals surface area contributed by atoms with Crippen molar-refractivity contribution in [3.8, 4) is 5.75 Å². The van der Waals surface area contributed by atoms with Crippen LogP contribution in [0.15, 0.2) is 28.7 Å². The topological polar surface area (TPSA) is 73.1 Å². The average molecular weight is 323 g/mol. The number of aromatic nitrogens is 2. The van der Waals surface area contributed by atoms with E-state index in [1.54, 1.807) is 6.07 Å². The number of halogens is 1. The molecule has 0 radical (unpaired) electrons. The summed E-state index contributed by atoms with van der Waals surface area (Å²) in [4.78, 5) is 8.54. The quantitative estimate of drug-likeness (QED) is 0.668. The molecule has 100 valence electrons. The first kappa shape index (κ1) is 13.8. The predicted molar refractivity (Wildman–Crippen MR) is 77.8 cm³/mol. The van der Waals surface area contributed by atoms with Crippen LogP contribution in [-0.4, -0.2) is 9.97 Å². The molecule has 0 spiro atoms.